The Kier molecular flexibility index (Phi) is 3.13. The fraction of sp³-hybridized carbons (Fsp3) is 1.00. The van der Waals surface area contributed by atoms with Crippen molar-refractivity contribution in [3.63, 3.8) is 0 Å². The van der Waals surface area contributed by atoms with Crippen LogP contribution in [-0.4, -0.2) is 10.9 Å². The molecule has 0 amide bonds. The van der Waals surface area contributed by atoms with Gasteiger partial charge in [0.15, 0.2) is 0 Å². The van der Waals surface area contributed by atoms with Crippen LogP contribution in [0.5, 0.6) is 0 Å². The molecule has 0 aromatic rings. The van der Waals surface area contributed by atoms with Gasteiger partial charge in [0.05, 0.1) is 0 Å². The number of hydrogen-bond donors (Lipinski definition) is 1. The van der Waals surface area contributed by atoms with Gasteiger partial charge in [0.25, 0.3) is 0 Å². The van der Waals surface area contributed by atoms with Gasteiger partial charge in [-0.05, 0) is 31.1 Å². The van der Waals surface area contributed by atoms with Crippen molar-refractivity contribution in [2.45, 2.75) is 52.1 Å². The summed E-state index contributed by atoms with van der Waals surface area (Å²) in [4.78, 5) is 4.71. The van der Waals surface area contributed by atoms with Gasteiger partial charge in [0.2, 0.25) is 0 Å². The van der Waals surface area contributed by atoms with E-state index in [9.17, 15) is 0 Å². The first-order valence-corrected chi connectivity index (χ1v) is 4.97. The fourth-order valence-corrected chi connectivity index (χ4v) is 2.38. The second-order valence-corrected chi connectivity index (χ2v) is 4.30. The molecule has 0 heterocycles. The molecule has 0 aromatic heterocycles. The molecule has 72 valence electrons. The topological polar surface area (TPSA) is 29.5 Å². The smallest absolute Gasteiger partial charge is 0.106 e. The molecule has 1 fully saturated rings. The normalized spacial score (nSPS) is 43.0. The van der Waals surface area contributed by atoms with E-state index >= 15 is 0 Å². The molecule has 0 bridgehead atoms. The summed E-state index contributed by atoms with van der Waals surface area (Å²) in [7, 11) is 0. The molecule has 1 aliphatic rings. The molecular formula is C10H20O2. The first kappa shape index (κ1) is 10.0. The molecule has 0 aliphatic heterocycles. The maximum absolute atomic E-state index is 8.93. The van der Waals surface area contributed by atoms with Crippen LogP contribution in [-0.2, 0) is 4.89 Å². The largest absolute Gasteiger partial charge is 0.251 e. The number of rotatable bonds is 2. The molecule has 3 atom stereocenters. The van der Waals surface area contributed by atoms with E-state index in [4.69, 9.17) is 10.1 Å². The first-order valence-electron chi connectivity index (χ1n) is 4.97. The Labute approximate surface area is 74.9 Å². The minimum absolute atomic E-state index is 0.252. The summed E-state index contributed by atoms with van der Waals surface area (Å²) < 4.78 is 0. The third-order valence-corrected chi connectivity index (χ3v) is 3.46. The molecule has 2 heteroatoms. The van der Waals surface area contributed by atoms with E-state index in [0.29, 0.717) is 11.8 Å². The predicted molar refractivity (Wildman–Crippen MR) is 48.9 cm³/mol. The highest BCUT2D eigenvalue weighted by molar-refractivity contribution is 4.89. The minimum Gasteiger partial charge on any atom is -0.251 e. The van der Waals surface area contributed by atoms with E-state index in [1.807, 2.05) is 0 Å². The summed E-state index contributed by atoms with van der Waals surface area (Å²) in [6.07, 6.45) is 4.36. The molecule has 0 radical (unpaired) electrons. The van der Waals surface area contributed by atoms with Gasteiger partial charge in [-0.3, -0.25) is 5.26 Å². The maximum atomic E-state index is 8.93. The Balaban J connectivity index is 2.68. The van der Waals surface area contributed by atoms with Crippen LogP contribution in [0.3, 0.4) is 0 Å². The van der Waals surface area contributed by atoms with Gasteiger partial charge in [0.1, 0.15) is 5.60 Å². The fourth-order valence-electron chi connectivity index (χ4n) is 2.38. The molecule has 0 saturated heterocycles. The van der Waals surface area contributed by atoms with E-state index in [0.717, 1.165) is 12.8 Å². The quantitative estimate of drug-likeness (QED) is 0.512. The van der Waals surface area contributed by atoms with Crippen molar-refractivity contribution in [3.05, 3.63) is 0 Å². The minimum atomic E-state index is -0.252. The Hall–Kier alpha value is -0.0800. The second kappa shape index (κ2) is 3.75. The van der Waals surface area contributed by atoms with Crippen LogP contribution >= 0.6 is 0 Å². The second-order valence-electron chi connectivity index (χ2n) is 4.30. The molecule has 1 aliphatic carbocycles. The van der Waals surface area contributed by atoms with E-state index in [-0.39, 0.29) is 5.60 Å². The van der Waals surface area contributed by atoms with Gasteiger partial charge < -0.3 is 0 Å². The molecule has 12 heavy (non-hydrogen) atoms. The Morgan fingerprint density at radius 1 is 1.42 bits per heavy atom. The summed E-state index contributed by atoms with van der Waals surface area (Å²) in [5, 5.41) is 8.93. The molecule has 0 aromatic carbocycles. The van der Waals surface area contributed by atoms with Crippen LogP contribution in [0.2, 0.25) is 0 Å². The van der Waals surface area contributed by atoms with Gasteiger partial charge in [-0.25, -0.2) is 4.89 Å². The lowest BCUT2D eigenvalue weighted by atomic mass is 9.71. The summed E-state index contributed by atoms with van der Waals surface area (Å²) >= 11 is 0. The SMILES string of the molecule is CCC1(OO)CC(C)CC[C@H]1C. The first-order chi connectivity index (χ1) is 5.64. The van der Waals surface area contributed by atoms with Crippen molar-refractivity contribution >= 4 is 0 Å². The van der Waals surface area contributed by atoms with E-state index in [2.05, 4.69) is 20.8 Å². The van der Waals surface area contributed by atoms with Gasteiger partial charge in [-0.15, -0.1) is 0 Å². The van der Waals surface area contributed by atoms with Crippen molar-refractivity contribution in [2.24, 2.45) is 11.8 Å². The standard InChI is InChI=1S/C10H20O2/c1-4-10(12-11)7-8(2)5-6-9(10)3/h8-9,11H,4-7H2,1-3H3/t8?,9-,10?/m1/s1. The van der Waals surface area contributed by atoms with Gasteiger partial charge in [0, 0.05) is 0 Å². The van der Waals surface area contributed by atoms with Crippen LogP contribution < -0.4 is 0 Å². The molecule has 1 saturated carbocycles. The molecule has 2 nitrogen and oxygen atoms in total. The average molecular weight is 172 g/mol. The van der Waals surface area contributed by atoms with Crippen molar-refractivity contribution in [1.29, 1.82) is 0 Å². The zero-order chi connectivity index (χ0) is 9.19. The van der Waals surface area contributed by atoms with Crippen LogP contribution in [0.1, 0.15) is 46.5 Å². The summed E-state index contributed by atoms with van der Waals surface area (Å²) in [5.74, 6) is 1.18. The summed E-state index contributed by atoms with van der Waals surface area (Å²) in [6.45, 7) is 6.49. The van der Waals surface area contributed by atoms with Crippen LogP contribution in [0.15, 0.2) is 0 Å². The molecule has 2 unspecified atom stereocenters. The molecular weight excluding hydrogens is 152 g/mol. The Morgan fingerprint density at radius 3 is 2.50 bits per heavy atom. The lowest BCUT2D eigenvalue weighted by Crippen LogP contribution is -2.43. The zero-order valence-electron chi connectivity index (χ0n) is 8.34. The van der Waals surface area contributed by atoms with Crippen LogP contribution in [0, 0.1) is 11.8 Å². The zero-order valence-corrected chi connectivity index (χ0v) is 8.34. The Bertz CT molecular complexity index is 141. The van der Waals surface area contributed by atoms with Crippen LogP contribution in [0.4, 0.5) is 0 Å². The van der Waals surface area contributed by atoms with Crippen molar-refractivity contribution in [1.82, 2.24) is 0 Å². The van der Waals surface area contributed by atoms with Crippen molar-refractivity contribution in [3.8, 4) is 0 Å². The van der Waals surface area contributed by atoms with E-state index in [1.165, 1.54) is 12.8 Å². The highest BCUT2D eigenvalue weighted by Crippen LogP contribution is 2.41. The number of hydrogen-bond acceptors (Lipinski definition) is 2. The van der Waals surface area contributed by atoms with E-state index in [1.54, 1.807) is 0 Å². The molecule has 0 spiro atoms. The highest BCUT2D eigenvalue weighted by Gasteiger charge is 2.40. The average Bonchev–Trinajstić information content (AvgIpc) is 2.09. The maximum Gasteiger partial charge on any atom is 0.106 e. The lowest BCUT2D eigenvalue weighted by Gasteiger charge is -2.41. The van der Waals surface area contributed by atoms with Gasteiger partial charge in [-0.2, -0.15) is 0 Å². The van der Waals surface area contributed by atoms with E-state index < -0.39 is 0 Å². The lowest BCUT2D eigenvalue weighted by molar-refractivity contribution is -0.347. The predicted octanol–water partition coefficient (Wildman–Crippen LogP) is 3.08. The van der Waals surface area contributed by atoms with Crippen molar-refractivity contribution in [2.75, 3.05) is 0 Å². The monoisotopic (exact) mass is 172 g/mol. The highest BCUT2D eigenvalue weighted by atomic mass is 17.1. The van der Waals surface area contributed by atoms with Crippen molar-refractivity contribution < 1.29 is 10.1 Å². The third kappa shape index (κ3) is 1.64. The summed E-state index contributed by atoms with van der Waals surface area (Å²) in [6, 6.07) is 0. The Morgan fingerprint density at radius 2 is 2.08 bits per heavy atom. The van der Waals surface area contributed by atoms with Crippen LogP contribution in [0.25, 0.3) is 0 Å². The third-order valence-electron chi connectivity index (χ3n) is 3.46. The molecule has 1 rings (SSSR count). The molecule has 1 N–H and O–H groups in total. The van der Waals surface area contributed by atoms with Gasteiger partial charge in [-0.1, -0.05) is 27.2 Å². The van der Waals surface area contributed by atoms with Gasteiger partial charge >= 0.3 is 0 Å². The summed E-state index contributed by atoms with van der Waals surface area (Å²) in [5.41, 5.74) is -0.252.